The van der Waals surface area contributed by atoms with E-state index in [1.165, 1.54) is 22.1 Å². The van der Waals surface area contributed by atoms with Crippen molar-refractivity contribution in [2.24, 2.45) is 17.8 Å². The van der Waals surface area contributed by atoms with Crippen LogP contribution in [0.5, 0.6) is 0 Å². The molecule has 0 radical (unpaired) electrons. The van der Waals surface area contributed by atoms with Crippen molar-refractivity contribution in [1.29, 1.82) is 0 Å². The van der Waals surface area contributed by atoms with Crippen molar-refractivity contribution in [3.8, 4) is 0 Å². The first-order chi connectivity index (χ1) is 4.90. The van der Waals surface area contributed by atoms with Crippen molar-refractivity contribution >= 4 is 10.2 Å². The summed E-state index contributed by atoms with van der Waals surface area (Å²) in [5, 5.41) is 0. The highest BCUT2D eigenvalue weighted by atomic mass is 28.1. The molecule has 0 aliphatic heterocycles. The van der Waals surface area contributed by atoms with E-state index in [4.69, 9.17) is 0 Å². The molecule has 3 atom stereocenters. The Kier molecular flexibility index (Phi) is 1.85. The SMILES string of the molecule is [SiH3]CCC1CCC2CC2C1. The lowest BCUT2D eigenvalue weighted by Crippen LogP contribution is -2.07. The van der Waals surface area contributed by atoms with Gasteiger partial charge in [-0.15, -0.1) is 0 Å². The fraction of sp³-hybridized carbons (Fsp3) is 1.00. The summed E-state index contributed by atoms with van der Waals surface area (Å²) in [6.07, 6.45) is 7.92. The van der Waals surface area contributed by atoms with Crippen LogP contribution in [0.2, 0.25) is 6.04 Å². The molecule has 0 spiro atoms. The van der Waals surface area contributed by atoms with E-state index in [0.29, 0.717) is 0 Å². The minimum atomic E-state index is 1.15. The summed E-state index contributed by atoms with van der Waals surface area (Å²) in [6, 6.07) is 1.54. The number of fused-ring (bicyclic) bond motifs is 1. The van der Waals surface area contributed by atoms with Gasteiger partial charge in [0.05, 0.1) is 0 Å². The van der Waals surface area contributed by atoms with Crippen LogP contribution in [0.4, 0.5) is 0 Å². The molecule has 2 aliphatic carbocycles. The number of hydrogen-bond donors (Lipinski definition) is 0. The summed E-state index contributed by atoms with van der Waals surface area (Å²) < 4.78 is 0. The van der Waals surface area contributed by atoms with E-state index in [9.17, 15) is 0 Å². The summed E-state index contributed by atoms with van der Waals surface area (Å²) in [6.45, 7) is 0. The molecule has 0 aromatic carbocycles. The molecule has 10 heavy (non-hydrogen) atoms. The summed E-state index contributed by atoms with van der Waals surface area (Å²) in [7, 11) is 1.43. The Labute approximate surface area is 66.8 Å². The lowest BCUT2D eigenvalue weighted by molar-refractivity contribution is 0.335. The Hall–Kier alpha value is 0.217. The summed E-state index contributed by atoms with van der Waals surface area (Å²) in [5.41, 5.74) is 0. The molecule has 2 saturated carbocycles. The third kappa shape index (κ3) is 1.29. The van der Waals surface area contributed by atoms with E-state index in [1.807, 2.05) is 0 Å². The first-order valence-corrected chi connectivity index (χ1v) is 6.31. The van der Waals surface area contributed by atoms with Crippen molar-refractivity contribution < 1.29 is 0 Å². The average Bonchev–Trinajstić information content (AvgIpc) is 2.66. The molecule has 0 aromatic rings. The molecular weight excluding hydrogens is 136 g/mol. The Morgan fingerprint density at radius 3 is 2.70 bits per heavy atom. The van der Waals surface area contributed by atoms with Gasteiger partial charge in [-0.25, -0.2) is 0 Å². The summed E-state index contributed by atoms with van der Waals surface area (Å²) >= 11 is 0. The first-order valence-electron chi connectivity index (χ1n) is 4.90. The molecule has 0 heterocycles. The molecule has 0 aromatic heterocycles. The van der Waals surface area contributed by atoms with E-state index < -0.39 is 0 Å². The van der Waals surface area contributed by atoms with Crippen molar-refractivity contribution in [3.63, 3.8) is 0 Å². The maximum atomic E-state index is 1.60. The Morgan fingerprint density at radius 1 is 1.10 bits per heavy atom. The lowest BCUT2D eigenvalue weighted by atomic mass is 9.87. The molecular formula is C9H18Si. The maximum Gasteiger partial charge on any atom is 0.00281 e. The van der Waals surface area contributed by atoms with Crippen molar-refractivity contribution in [2.45, 2.75) is 38.1 Å². The second-order valence-corrected chi connectivity index (χ2v) is 5.22. The van der Waals surface area contributed by atoms with Gasteiger partial charge in [-0.2, -0.15) is 0 Å². The van der Waals surface area contributed by atoms with Gasteiger partial charge >= 0.3 is 0 Å². The van der Waals surface area contributed by atoms with Crippen molar-refractivity contribution in [3.05, 3.63) is 0 Å². The highest BCUT2D eigenvalue weighted by Gasteiger charge is 2.41. The number of hydrogen-bond acceptors (Lipinski definition) is 0. The normalized spacial score (nSPS) is 45.0. The van der Waals surface area contributed by atoms with E-state index in [1.54, 1.807) is 38.1 Å². The molecule has 2 fully saturated rings. The standard InChI is InChI=1S/C9H18Si/c10-4-3-7-1-2-8-6-9(8)5-7/h7-9H,1-6H2,10H3. The van der Waals surface area contributed by atoms with Gasteiger partial charge < -0.3 is 0 Å². The van der Waals surface area contributed by atoms with Gasteiger partial charge in [-0.1, -0.05) is 18.9 Å². The largest absolute Gasteiger partial charge is 0.0656 e. The van der Waals surface area contributed by atoms with Gasteiger partial charge in [-0.3, -0.25) is 0 Å². The Bertz CT molecular complexity index is 122. The van der Waals surface area contributed by atoms with E-state index >= 15 is 0 Å². The van der Waals surface area contributed by atoms with Crippen LogP contribution >= 0.6 is 0 Å². The minimum absolute atomic E-state index is 1.15. The lowest BCUT2D eigenvalue weighted by Gasteiger charge is -2.19. The first kappa shape index (κ1) is 6.90. The van der Waals surface area contributed by atoms with Crippen LogP contribution in [0, 0.1) is 17.8 Å². The van der Waals surface area contributed by atoms with Crippen LogP contribution < -0.4 is 0 Å². The van der Waals surface area contributed by atoms with Gasteiger partial charge in [0.15, 0.2) is 0 Å². The van der Waals surface area contributed by atoms with E-state index in [2.05, 4.69) is 0 Å². The van der Waals surface area contributed by atoms with Gasteiger partial charge in [0.2, 0.25) is 0 Å². The summed E-state index contributed by atoms with van der Waals surface area (Å²) in [5.74, 6) is 3.55. The zero-order valence-electron chi connectivity index (χ0n) is 6.97. The maximum absolute atomic E-state index is 1.60. The molecule has 2 rings (SSSR count). The predicted molar refractivity (Wildman–Crippen MR) is 48.3 cm³/mol. The molecule has 2 aliphatic rings. The van der Waals surface area contributed by atoms with Crippen LogP contribution in [-0.2, 0) is 0 Å². The summed E-state index contributed by atoms with van der Waals surface area (Å²) in [4.78, 5) is 0. The topological polar surface area (TPSA) is 0 Å². The van der Waals surface area contributed by atoms with Crippen LogP contribution in [-0.4, -0.2) is 10.2 Å². The monoisotopic (exact) mass is 154 g/mol. The van der Waals surface area contributed by atoms with Crippen molar-refractivity contribution in [1.82, 2.24) is 0 Å². The smallest absolute Gasteiger partial charge is 0.00281 e. The molecule has 58 valence electrons. The molecule has 0 N–H and O–H groups in total. The fourth-order valence-electron chi connectivity index (χ4n) is 2.62. The Morgan fingerprint density at radius 2 is 2.00 bits per heavy atom. The molecule has 3 unspecified atom stereocenters. The van der Waals surface area contributed by atoms with Gasteiger partial charge in [0.1, 0.15) is 0 Å². The average molecular weight is 154 g/mol. The predicted octanol–water partition coefficient (Wildman–Crippen LogP) is 1.60. The molecule has 0 nitrogen and oxygen atoms in total. The third-order valence-electron chi connectivity index (χ3n) is 3.35. The van der Waals surface area contributed by atoms with E-state index in [-0.39, 0.29) is 0 Å². The third-order valence-corrected chi connectivity index (χ3v) is 3.93. The zero-order valence-corrected chi connectivity index (χ0v) is 8.97. The quantitative estimate of drug-likeness (QED) is 0.530. The minimum Gasteiger partial charge on any atom is -0.0656 e. The molecule has 0 saturated heterocycles. The molecule has 0 bridgehead atoms. The Balaban J connectivity index is 1.77. The second-order valence-electron chi connectivity index (χ2n) is 4.22. The van der Waals surface area contributed by atoms with Gasteiger partial charge in [-0.05, 0) is 37.0 Å². The van der Waals surface area contributed by atoms with Gasteiger partial charge in [0, 0.05) is 10.2 Å². The second kappa shape index (κ2) is 2.69. The van der Waals surface area contributed by atoms with Crippen LogP contribution in [0.3, 0.4) is 0 Å². The molecule has 1 heteroatoms. The van der Waals surface area contributed by atoms with Crippen LogP contribution in [0.15, 0.2) is 0 Å². The van der Waals surface area contributed by atoms with Crippen LogP contribution in [0.25, 0.3) is 0 Å². The number of rotatable bonds is 2. The van der Waals surface area contributed by atoms with E-state index in [0.717, 1.165) is 5.92 Å². The molecule has 0 amide bonds. The fourth-order valence-corrected chi connectivity index (χ4v) is 3.44. The highest BCUT2D eigenvalue weighted by Crippen LogP contribution is 2.52. The zero-order chi connectivity index (χ0) is 6.97. The highest BCUT2D eigenvalue weighted by molar-refractivity contribution is 6.08. The van der Waals surface area contributed by atoms with Crippen LogP contribution in [0.1, 0.15) is 32.1 Å². The van der Waals surface area contributed by atoms with Crippen molar-refractivity contribution in [2.75, 3.05) is 0 Å². The van der Waals surface area contributed by atoms with Gasteiger partial charge in [0.25, 0.3) is 0 Å².